The van der Waals surface area contributed by atoms with Crippen molar-refractivity contribution < 1.29 is 9.59 Å². The van der Waals surface area contributed by atoms with E-state index in [0.717, 1.165) is 48.8 Å². The first-order valence-corrected chi connectivity index (χ1v) is 11.4. The van der Waals surface area contributed by atoms with Crippen molar-refractivity contribution in [2.24, 2.45) is 0 Å². The molecule has 5 rings (SSSR count). The van der Waals surface area contributed by atoms with Crippen LogP contribution in [0.5, 0.6) is 0 Å². The lowest BCUT2D eigenvalue weighted by Gasteiger charge is -2.42. The number of nitrogens with zero attached hydrogens (tertiary/aromatic N) is 4. The molecule has 2 saturated heterocycles. The molecule has 170 valence electrons. The van der Waals surface area contributed by atoms with Crippen molar-refractivity contribution in [3.63, 3.8) is 0 Å². The summed E-state index contributed by atoms with van der Waals surface area (Å²) >= 11 is 0. The lowest BCUT2D eigenvalue weighted by molar-refractivity contribution is -0.129. The molecule has 2 N–H and O–H groups in total. The van der Waals surface area contributed by atoms with Crippen LogP contribution >= 0.6 is 0 Å². The van der Waals surface area contributed by atoms with Crippen LogP contribution in [0.3, 0.4) is 0 Å². The normalized spacial score (nSPS) is 18.5. The molecule has 2 amide bonds. The number of aromatic nitrogens is 2. The number of carbonyl (C=O) groups excluding carboxylic acids is 2. The van der Waals surface area contributed by atoms with Crippen LogP contribution in [-0.2, 0) is 11.3 Å². The number of hydrogen-bond acceptors (Lipinski definition) is 6. The lowest BCUT2D eigenvalue weighted by atomic mass is 9.86. The van der Waals surface area contributed by atoms with Gasteiger partial charge in [0.05, 0.1) is 6.67 Å². The summed E-state index contributed by atoms with van der Waals surface area (Å²) in [5.74, 6) is -0.0283. The van der Waals surface area contributed by atoms with E-state index in [0.29, 0.717) is 25.5 Å². The summed E-state index contributed by atoms with van der Waals surface area (Å²) in [6.45, 7) is 4.21. The van der Waals surface area contributed by atoms with Gasteiger partial charge in [-0.3, -0.25) is 24.5 Å². The predicted octanol–water partition coefficient (Wildman–Crippen LogP) is 1.78. The number of nitrogens with one attached hydrogen (secondary N) is 2. The molecule has 8 nitrogen and oxygen atoms in total. The van der Waals surface area contributed by atoms with Gasteiger partial charge in [0, 0.05) is 56.7 Å². The molecule has 3 aromatic rings. The van der Waals surface area contributed by atoms with Gasteiger partial charge >= 0.3 is 0 Å². The summed E-state index contributed by atoms with van der Waals surface area (Å²) in [6.07, 6.45) is 6.85. The Hall–Kier alpha value is -3.36. The molecule has 4 heterocycles. The fraction of sp³-hybridized carbons (Fsp3) is 0.360. The van der Waals surface area contributed by atoms with E-state index < -0.39 is 5.54 Å². The average Bonchev–Trinajstić information content (AvgIpc) is 3.15. The van der Waals surface area contributed by atoms with Gasteiger partial charge in [0.1, 0.15) is 11.2 Å². The maximum atomic E-state index is 12.8. The lowest BCUT2D eigenvalue weighted by Crippen LogP contribution is -2.56. The van der Waals surface area contributed by atoms with Gasteiger partial charge < -0.3 is 15.5 Å². The molecule has 2 aliphatic rings. The fourth-order valence-corrected chi connectivity index (χ4v) is 4.95. The topological polar surface area (TPSA) is 90.5 Å². The van der Waals surface area contributed by atoms with Gasteiger partial charge in [-0.2, -0.15) is 0 Å². The SMILES string of the molecule is O=C(NCCN1CCC2(CC1)C(=O)NCN2Cc1cccnc1)c1nccc2ccccc12. The zero-order chi connectivity index (χ0) is 22.7. The largest absolute Gasteiger partial charge is 0.349 e. The summed E-state index contributed by atoms with van der Waals surface area (Å²) in [4.78, 5) is 38.5. The van der Waals surface area contributed by atoms with Crippen LogP contribution < -0.4 is 10.6 Å². The first kappa shape index (κ1) is 21.5. The molecule has 0 bridgehead atoms. The second-order valence-corrected chi connectivity index (χ2v) is 8.73. The van der Waals surface area contributed by atoms with Gasteiger partial charge in [0.25, 0.3) is 5.91 Å². The highest BCUT2D eigenvalue weighted by Crippen LogP contribution is 2.33. The van der Waals surface area contributed by atoms with Crippen molar-refractivity contribution in [1.82, 2.24) is 30.4 Å². The molecule has 0 aliphatic carbocycles. The van der Waals surface area contributed by atoms with Gasteiger partial charge in [0.15, 0.2) is 0 Å². The number of carbonyl (C=O) groups is 2. The number of fused-ring (bicyclic) bond motifs is 1. The molecule has 0 radical (unpaired) electrons. The molecule has 0 saturated carbocycles. The van der Waals surface area contributed by atoms with Gasteiger partial charge in [-0.05, 0) is 35.9 Å². The number of rotatable bonds is 6. The second-order valence-electron chi connectivity index (χ2n) is 8.73. The van der Waals surface area contributed by atoms with Crippen molar-refractivity contribution >= 4 is 22.6 Å². The van der Waals surface area contributed by atoms with Crippen LogP contribution in [-0.4, -0.2) is 70.0 Å². The molecule has 2 fully saturated rings. The average molecular weight is 445 g/mol. The van der Waals surface area contributed by atoms with Crippen LogP contribution in [0, 0.1) is 0 Å². The molecule has 1 spiro atoms. The summed E-state index contributed by atoms with van der Waals surface area (Å²) in [7, 11) is 0. The van der Waals surface area contributed by atoms with E-state index in [9.17, 15) is 9.59 Å². The Morgan fingerprint density at radius 2 is 1.94 bits per heavy atom. The Balaban J connectivity index is 1.15. The van der Waals surface area contributed by atoms with E-state index in [1.54, 1.807) is 12.4 Å². The minimum Gasteiger partial charge on any atom is -0.349 e. The Bertz CT molecular complexity index is 1140. The molecule has 0 atom stereocenters. The molecule has 0 unspecified atom stereocenters. The van der Waals surface area contributed by atoms with E-state index in [4.69, 9.17) is 0 Å². The van der Waals surface area contributed by atoms with E-state index in [1.807, 2.05) is 48.7 Å². The summed E-state index contributed by atoms with van der Waals surface area (Å²) in [5.41, 5.74) is 1.11. The maximum absolute atomic E-state index is 12.8. The fourth-order valence-electron chi connectivity index (χ4n) is 4.95. The van der Waals surface area contributed by atoms with Crippen LogP contribution in [0.2, 0.25) is 0 Å². The molecule has 8 heteroatoms. The first-order valence-electron chi connectivity index (χ1n) is 11.4. The second kappa shape index (κ2) is 9.25. The van der Waals surface area contributed by atoms with Crippen molar-refractivity contribution in [2.75, 3.05) is 32.8 Å². The maximum Gasteiger partial charge on any atom is 0.270 e. The molecule has 2 aliphatic heterocycles. The van der Waals surface area contributed by atoms with Crippen LogP contribution in [0.4, 0.5) is 0 Å². The monoisotopic (exact) mass is 444 g/mol. The third kappa shape index (κ3) is 4.31. The van der Waals surface area contributed by atoms with Crippen LogP contribution in [0.1, 0.15) is 28.9 Å². The Kier molecular flexibility index (Phi) is 6.02. The van der Waals surface area contributed by atoms with Gasteiger partial charge in [-0.25, -0.2) is 0 Å². The highest BCUT2D eigenvalue weighted by atomic mass is 16.2. The van der Waals surface area contributed by atoms with Crippen LogP contribution in [0.15, 0.2) is 61.1 Å². The standard InChI is InChI=1S/C25H28N6O2/c32-23(22-21-6-2-1-5-20(21)7-11-27-22)28-12-15-30-13-8-25(9-14-30)24(33)29-18-31(25)17-19-4-3-10-26-16-19/h1-7,10-11,16H,8-9,12-15,17-18H2,(H,28,32)(H,29,33). The summed E-state index contributed by atoms with van der Waals surface area (Å²) < 4.78 is 0. The van der Waals surface area contributed by atoms with E-state index in [1.165, 1.54) is 0 Å². The van der Waals surface area contributed by atoms with Crippen molar-refractivity contribution in [3.8, 4) is 0 Å². The Labute approximate surface area is 193 Å². The third-order valence-electron chi connectivity index (χ3n) is 6.84. The molecule has 2 aromatic heterocycles. The summed E-state index contributed by atoms with van der Waals surface area (Å²) in [5, 5.41) is 7.91. The molecular formula is C25H28N6O2. The first-order chi connectivity index (χ1) is 16.2. The zero-order valence-electron chi connectivity index (χ0n) is 18.5. The van der Waals surface area contributed by atoms with Crippen molar-refractivity contribution in [2.45, 2.75) is 24.9 Å². The third-order valence-corrected chi connectivity index (χ3v) is 6.84. The number of pyridine rings is 2. The molecular weight excluding hydrogens is 416 g/mol. The minimum atomic E-state index is -0.456. The van der Waals surface area contributed by atoms with E-state index in [2.05, 4.69) is 30.4 Å². The smallest absolute Gasteiger partial charge is 0.270 e. The van der Waals surface area contributed by atoms with Crippen molar-refractivity contribution in [1.29, 1.82) is 0 Å². The number of piperidine rings is 1. The zero-order valence-corrected chi connectivity index (χ0v) is 18.5. The Morgan fingerprint density at radius 1 is 1.09 bits per heavy atom. The number of benzene rings is 1. The number of hydrogen-bond donors (Lipinski definition) is 2. The predicted molar refractivity (Wildman–Crippen MR) is 125 cm³/mol. The molecule has 1 aromatic carbocycles. The number of amides is 2. The highest BCUT2D eigenvalue weighted by Gasteiger charge is 2.49. The van der Waals surface area contributed by atoms with E-state index in [-0.39, 0.29) is 11.8 Å². The van der Waals surface area contributed by atoms with Crippen LogP contribution in [0.25, 0.3) is 10.8 Å². The summed E-state index contributed by atoms with van der Waals surface area (Å²) in [6, 6.07) is 13.7. The quantitative estimate of drug-likeness (QED) is 0.603. The molecule has 33 heavy (non-hydrogen) atoms. The number of likely N-dealkylation sites (tertiary alicyclic amines) is 1. The van der Waals surface area contributed by atoms with E-state index >= 15 is 0 Å². The minimum absolute atomic E-state index is 0.126. The van der Waals surface area contributed by atoms with Gasteiger partial charge in [0.2, 0.25) is 5.91 Å². The van der Waals surface area contributed by atoms with Gasteiger partial charge in [-0.15, -0.1) is 0 Å². The highest BCUT2D eigenvalue weighted by molar-refractivity contribution is 6.05. The Morgan fingerprint density at radius 3 is 2.76 bits per heavy atom. The van der Waals surface area contributed by atoms with Crippen molar-refractivity contribution in [3.05, 3.63) is 72.3 Å². The van der Waals surface area contributed by atoms with Gasteiger partial charge in [-0.1, -0.05) is 30.3 Å².